The number of ether oxygens (including phenoxy) is 1. The molecule has 1 N–H and O–H groups in total. The zero-order valence-corrected chi connectivity index (χ0v) is 13.2. The minimum Gasteiger partial charge on any atom is -0.461 e. The summed E-state index contributed by atoms with van der Waals surface area (Å²) in [6, 6.07) is 10.4. The van der Waals surface area contributed by atoms with Crippen molar-refractivity contribution in [3.8, 4) is 0 Å². The number of carbonyl (C=O) groups excluding carboxylic acids is 1. The first kappa shape index (κ1) is 16.0. The molecule has 116 valence electrons. The smallest absolute Gasteiger partial charge is 0.310 e. The van der Waals surface area contributed by atoms with E-state index < -0.39 is 0 Å². The van der Waals surface area contributed by atoms with Gasteiger partial charge in [0, 0.05) is 12.6 Å². The van der Waals surface area contributed by atoms with Crippen LogP contribution in [0.25, 0.3) is 0 Å². The number of benzene rings is 1. The third kappa shape index (κ3) is 5.16. The first-order valence-electron chi connectivity index (χ1n) is 8.10. The molecule has 1 aromatic carbocycles. The van der Waals surface area contributed by atoms with Crippen LogP contribution in [0.1, 0.15) is 45.1 Å². The van der Waals surface area contributed by atoms with Crippen LogP contribution in [0.2, 0.25) is 0 Å². The maximum absolute atomic E-state index is 12.0. The molecule has 0 heterocycles. The molecule has 0 radical (unpaired) electrons. The van der Waals surface area contributed by atoms with Gasteiger partial charge < -0.3 is 10.1 Å². The Balaban J connectivity index is 1.69. The lowest BCUT2D eigenvalue weighted by Gasteiger charge is -2.30. The molecule has 1 aliphatic carbocycles. The van der Waals surface area contributed by atoms with Gasteiger partial charge in [0.1, 0.15) is 6.61 Å². The Morgan fingerprint density at radius 1 is 1.29 bits per heavy atom. The monoisotopic (exact) mass is 289 g/mol. The molecule has 3 heteroatoms. The van der Waals surface area contributed by atoms with Crippen LogP contribution in [0.5, 0.6) is 0 Å². The van der Waals surface area contributed by atoms with Crippen molar-refractivity contribution in [1.82, 2.24) is 5.32 Å². The topological polar surface area (TPSA) is 38.3 Å². The summed E-state index contributed by atoms with van der Waals surface area (Å²) < 4.78 is 5.38. The van der Waals surface area contributed by atoms with E-state index in [1.54, 1.807) is 0 Å². The summed E-state index contributed by atoms with van der Waals surface area (Å²) in [5, 5.41) is 3.55. The van der Waals surface area contributed by atoms with Crippen LogP contribution in [-0.4, -0.2) is 18.6 Å². The molecule has 1 aromatic rings. The number of hydrogen-bond donors (Lipinski definition) is 1. The molecule has 3 atom stereocenters. The minimum absolute atomic E-state index is 0.0946. The lowest BCUT2D eigenvalue weighted by molar-refractivity contribution is -0.149. The Labute approximate surface area is 128 Å². The summed E-state index contributed by atoms with van der Waals surface area (Å²) in [5.41, 5.74) is 1.03. The van der Waals surface area contributed by atoms with Gasteiger partial charge in [0.05, 0.1) is 5.92 Å². The SMILES string of the molecule is CC(CNC1CCCCC1C)C(=O)OCc1ccccc1. The van der Waals surface area contributed by atoms with Crippen LogP contribution in [0, 0.1) is 11.8 Å². The van der Waals surface area contributed by atoms with Crippen molar-refractivity contribution in [2.45, 2.75) is 52.2 Å². The average molecular weight is 289 g/mol. The van der Waals surface area contributed by atoms with Gasteiger partial charge in [0.25, 0.3) is 0 Å². The lowest BCUT2D eigenvalue weighted by atomic mass is 9.86. The molecule has 3 unspecified atom stereocenters. The fourth-order valence-electron chi connectivity index (χ4n) is 2.90. The van der Waals surface area contributed by atoms with Gasteiger partial charge in [-0.2, -0.15) is 0 Å². The first-order valence-corrected chi connectivity index (χ1v) is 8.10. The number of nitrogens with one attached hydrogen (secondary N) is 1. The predicted molar refractivity (Wildman–Crippen MR) is 84.8 cm³/mol. The van der Waals surface area contributed by atoms with E-state index in [4.69, 9.17) is 4.74 Å². The second-order valence-electron chi connectivity index (χ2n) is 6.27. The van der Waals surface area contributed by atoms with Gasteiger partial charge in [0.2, 0.25) is 0 Å². The molecule has 0 spiro atoms. The summed E-state index contributed by atoms with van der Waals surface area (Å²) >= 11 is 0. The Hall–Kier alpha value is -1.35. The molecular weight excluding hydrogens is 262 g/mol. The van der Waals surface area contributed by atoms with Crippen molar-refractivity contribution in [3.05, 3.63) is 35.9 Å². The van der Waals surface area contributed by atoms with Crippen LogP contribution in [-0.2, 0) is 16.1 Å². The Morgan fingerprint density at radius 3 is 2.71 bits per heavy atom. The second-order valence-corrected chi connectivity index (χ2v) is 6.27. The summed E-state index contributed by atoms with van der Waals surface area (Å²) in [5.74, 6) is 0.504. The fourth-order valence-corrected chi connectivity index (χ4v) is 2.90. The molecule has 0 aliphatic heterocycles. The maximum Gasteiger partial charge on any atom is 0.310 e. The van der Waals surface area contributed by atoms with E-state index in [2.05, 4.69) is 12.2 Å². The third-order valence-corrected chi connectivity index (χ3v) is 4.42. The minimum atomic E-state index is -0.116. The summed E-state index contributed by atoms with van der Waals surface area (Å²) in [6.07, 6.45) is 5.17. The highest BCUT2D eigenvalue weighted by atomic mass is 16.5. The summed E-state index contributed by atoms with van der Waals surface area (Å²) in [4.78, 5) is 12.0. The molecule has 0 amide bonds. The quantitative estimate of drug-likeness (QED) is 0.814. The molecule has 1 saturated carbocycles. The van der Waals surface area contributed by atoms with E-state index in [9.17, 15) is 4.79 Å². The summed E-state index contributed by atoms with van der Waals surface area (Å²) in [7, 11) is 0. The Morgan fingerprint density at radius 2 is 2.00 bits per heavy atom. The van der Waals surface area contributed by atoms with Crippen LogP contribution in [0.15, 0.2) is 30.3 Å². The van der Waals surface area contributed by atoms with Gasteiger partial charge in [-0.1, -0.05) is 57.0 Å². The number of hydrogen-bond acceptors (Lipinski definition) is 3. The molecule has 3 nitrogen and oxygen atoms in total. The van der Waals surface area contributed by atoms with Gasteiger partial charge in [-0.3, -0.25) is 4.79 Å². The van der Waals surface area contributed by atoms with Crippen LogP contribution >= 0.6 is 0 Å². The van der Waals surface area contributed by atoms with Crippen LogP contribution < -0.4 is 5.32 Å². The van der Waals surface area contributed by atoms with E-state index in [-0.39, 0.29) is 11.9 Å². The molecule has 1 fully saturated rings. The first-order chi connectivity index (χ1) is 10.2. The van der Waals surface area contributed by atoms with Gasteiger partial charge in [0.15, 0.2) is 0 Å². The largest absolute Gasteiger partial charge is 0.461 e. The average Bonchev–Trinajstić information content (AvgIpc) is 2.52. The van der Waals surface area contributed by atoms with Gasteiger partial charge in [-0.25, -0.2) is 0 Å². The molecule has 0 aromatic heterocycles. The molecule has 1 aliphatic rings. The zero-order valence-electron chi connectivity index (χ0n) is 13.2. The van der Waals surface area contributed by atoms with E-state index in [0.29, 0.717) is 25.1 Å². The number of esters is 1. The highest BCUT2D eigenvalue weighted by Crippen LogP contribution is 2.23. The summed E-state index contributed by atoms with van der Waals surface area (Å²) in [6.45, 7) is 5.31. The van der Waals surface area contributed by atoms with E-state index in [1.807, 2.05) is 37.3 Å². The predicted octanol–water partition coefficient (Wildman–Crippen LogP) is 3.53. The normalized spacial score (nSPS) is 23.5. The zero-order chi connectivity index (χ0) is 15.1. The van der Waals surface area contributed by atoms with E-state index >= 15 is 0 Å². The van der Waals surface area contributed by atoms with Crippen molar-refractivity contribution < 1.29 is 9.53 Å². The van der Waals surface area contributed by atoms with E-state index in [0.717, 1.165) is 5.56 Å². The van der Waals surface area contributed by atoms with Crippen molar-refractivity contribution in [2.24, 2.45) is 11.8 Å². The second kappa shape index (κ2) is 8.18. The Bertz CT molecular complexity index is 432. The number of rotatable bonds is 6. The lowest BCUT2D eigenvalue weighted by Crippen LogP contribution is -2.41. The van der Waals surface area contributed by atoms with E-state index in [1.165, 1.54) is 25.7 Å². The Kier molecular flexibility index (Phi) is 6.24. The van der Waals surface area contributed by atoms with Crippen molar-refractivity contribution in [2.75, 3.05) is 6.54 Å². The molecule has 2 rings (SSSR count). The molecular formula is C18H27NO2. The molecule has 0 bridgehead atoms. The van der Waals surface area contributed by atoms with Crippen molar-refractivity contribution >= 4 is 5.97 Å². The van der Waals surface area contributed by atoms with Gasteiger partial charge >= 0.3 is 5.97 Å². The highest BCUT2D eigenvalue weighted by molar-refractivity contribution is 5.72. The van der Waals surface area contributed by atoms with Crippen molar-refractivity contribution in [3.63, 3.8) is 0 Å². The van der Waals surface area contributed by atoms with Gasteiger partial charge in [-0.15, -0.1) is 0 Å². The number of carbonyl (C=O) groups is 1. The van der Waals surface area contributed by atoms with Crippen LogP contribution in [0.4, 0.5) is 0 Å². The molecule has 0 saturated heterocycles. The standard InChI is InChI=1S/C18H27NO2/c1-14-8-6-7-11-17(14)19-12-15(2)18(20)21-13-16-9-4-3-5-10-16/h3-5,9-10,14-15,17,19H,6-8,11-13H2,1-2H3. The third-order valence-electron chi connectivity index (χ3n) is 4.42. The van der Waals surface area contributed by atoms with Crippen LogP contribution in [0.3, 0.4) is 0 Å². The van der Waals surface area contributed by atoms with Gasteiger partial charge in [-0.05, 0) is 24.3 Å². The molecule has 21 heavy (non-hydrogen) atoms. The fraction of sp³-hybridized carbons (Fsp3) is 0.611. The highest BCUT2D eigenvalue weighted by Gasteiger charge is 2.22. The maximum atomic E-state index is 12.0. The van der Waals surface area contributed by atoms with Crippen molar-refractivity contribution in [1.29, 1.82) is 0 Å².